The van der Waals surface area contributed by atoms with Gasteiger partial charge < -0.3 is 0 Å². The number of hydrogen-bond acceptors (Lipinski definition) is 1. The lowest BCUT2D eigenvalue weighted by Gasteiger charge is -2.18. The highest BCUT2D eigenvalue weighted by atomic mass is 14.6. The van der Waals surface area contributed by atoms with Gasteiger partial charge in [0.05, 0.1) is 0 Å². The van der Waals surface area contributed by atoms with Gasteiger partial charge in [-0.1, -0.05) is 127 Å². The molecule has 202 valence electrons. The predicted octanol–water partition coefficient (Wildman–Crippen LogP) is 11.5. The first kappa shape index (κ1) is 25.2. The Morgan fingerprint density at radius 2 is 0.930 bits per heavy atom. The number of pyridine rings is 1. The van der Waals surface area contributed by atoms with E-state index in [0.29, 0.717) is 0 Å². The molecule has 0 fully saturated rings. The summed E-state index contributed by atoms with van der Waals surface area (Å²) in [5.41, 5.74) is 11.0. The van der Waals surface area contributed by atoms with Crippen LogP contribution in [0.15, 0.2) is 158 Å². The van der Waals surface area contributed by atoms with Gasteiger partial charge in [-0.3, -0.25) is 4.98 Å². The molecule has 0 radical (unpaired) electrons. The minimum Gasteiger partial charge on any atom is -0.264 e. The van der Waals surface area contributed by atoms with Crippen molar-refractivity contribution in [3.63, 3.8) is 0 Å². The molecule has 0 bridgehead atoms. The quantitative estimate of drug-likeness (QED) is 0.200. The Morgan fingerprint density at radius 1 is 0.395 bits per heavy atom. The molecule has 0 saturated carbocycles. The molecular weight excluding hydrogens is 518 g/mol. The highest BCUT2D eigenvalue weighted by Crippen LogP contribution is 2.44. The van der Waals surface area contributed by atoms with Crippen LogP contribution in [0.2, 0.25) is 0 Å². The summed E-state index contributed by atoms with van der Waals surface area (Å²) in [4.78, 5) is 4.34. The monoisotopic (exact) mass is 547 g/mol. The highest BCUT2D eigenvalue weighted by molar-refractivity contribution is 6.21. The third-order valence-corrected chi connectivity index (χ3v) is 8.69. The molecule has 0 unspecified atom stereocenters. The van der Waals surface area contributed by atoms with Gasteiger partial charge in [-0.05, 0) is 102 Å². The van der Waals surface area contributed by atoms with E-state index in [0.717, 1.165) is 0 Å². The van der Waals surface area contributed by atoms with Gasteiger partial charge in [0.2, 0.25) is 0 Å². The normalized spacial score (nSPS) is 11.4. The SMILES string of the molecule is Cc1ccncc1-c1ccc(-c2cccc(-c3c4ccccc4c(-c4ccc5ccccc5c4)c4ccccc34)c2)cc1. The number of hydrogen-bond donors (Lipinski definition) is 0. The molecule has 43 heavy (non-hydrogen) atoms. The maximum atomic E-state index is 4.34. The summed E-state index contributed by atoms with van der Waals surface area (Å²) < 4.78 is 0. The summed E-state index contributed by atoms with van der Waals surface area (Å²) in [6.07, 6.45) is 3.79. The Labute approximate surface area is 251 Å². The fourth-order valence-electron chi connectivity index (χ4n) is 6.56. The molecule has 8 aromatic rings. The van der Waals surface area contributed by atoms with Crippen molar-refractivity contribution >= 4 is 32.3 Å². The van der Waals surface area contributed by atoms with Crippen LogP contribution in [0.25, 0.3) is 76.8 Å². The van der Waals surface area contributed by atoms with Crippen molar-refractivity contribution in [2.24, 2.45) is 0 Å². The third-order valence-electron chi connectivity index (χ3n) is 8.69. The number of nitrogens with zero attached hydrogens (tertiary/aromatic N) is 1. The van der Waals surface area contributed by atoms with Crippen LogP contribution in [0.5, 0.6) is 0 Å². The highest BCUT2D eigenvalue weighted by Gasteiger charge is 2.17. The van der Waals surface area contributed by atoms with Crippen LogP contribution < -0.4 is 0 Å². The van der Waals surface area contributed by atoms with Crippen molar-refractivity contribution in [3.05, 3.63) is 164 Å². The minimum atomic E-state index is 1.17. The Kier molecular flexibility index (Phi) is 6.09. The molecule has 0 aliphatic carbocycles. The van der Waals surface area contributed by atoms with Crippen molar-refractivity contribution in [2.75, 3.05) is 0 Å². The van der Waals surface area contributed by atoms with Crippen molar-refractivity contribution in [1.82, 2.24) is 4.98 Å². The molecule has 0 aliphatic rings. The molecule has 0 amide bonds. The fraction of sp³-hybridized carbons (Fsp3) is 0.0238. The molecule has 1 heterocycles. The van der Waals surface area contributed by atoms with E-state index in [2.05, 4.69) is 158 Å². The van der Waals surface area contributed by atoms with Crippen molar-refractivity contribution in [3.8, 4) is 44.5 Å². The molecule has 1 nitrogen and oxygen atoms in total. The topological polar surface area (TPSA) is 12.9 Å². The van der Waals surface area contributed by atoms with E-state index in [1.165, 1.54) is 82.4 Å². The number of fused-ring (bicyclic) bond motifs is 3. The smallest absolute Gasteiger partial charge is 0.0349 e. The number of rotatable bonds is 4. The molecule has 0 atom stereocenters. The first-order valence-corrected chi connectivity index (χ1v) is 14.8. The average molecular weight is 548 g/mol. The zero-order chi connectivity index (χ0) is 28.8. The number of benzene rings is 7. The van der Waals surface area contributed by atoms with Gasteiger partial charge in [0.25, 0.3) is 0 Å². The van der Waals surface area contributed by atoms with Gasteiger partial charge in [-0.25, -0.2) is 0 Å². The van der Waals surface area contributed by atoms with Gasteiger partial charge in [-0.2, -0.15) is 0 Å². The molecule has 0 N–H and O–H groups in total. The summed E-state index contributed by atoms with van der Waals surface area (Å²) in [6.45, 7) is 2.13. The van der Waals surface area contributed by atoms with Crippen LogP contribution in [0, 0.1) is 6.92 Å². The Morgan fingerprint density at radius 3 is 1.58 bits per heavy atom. The van der Waals surface area contributed by atoms with Crippen LogP contribution in [-0.4, -0.2) is 4.98 Å². The molecule has 1 heteroatoms. The van der Waals surface area contributed by atoms with Crippen molar-refractivity contribution in [2.45, 2.75) is 6.92 Å². The summed E-state index contributed by atoms with van der Waals surface area (Å²) in [6, 6.07) is 53.1. The molecule has 1 aromatic heterocycles. The fourth-order valence-corrected chi connectivity index (χ4v) is 6.56. The number of aryl methyl sites for hydroxylation is 1. The van der Waals surface area contributed by atoms with Gasteiger partial charge >= 0.3 is 0 Å². The maximum Gasteiger partial charge on any atom is 0.0349 e. The Balaban J connectivity index is 1.31. The van der Waals surface area contributed by atoms with E-state index >= 15 is 0 Å². The zero-order valence-electron chi connectivity index (χ0n) is 24.0. The molecular formula is C42H29N. The largest absolute Gasteiger partial charge is 0.264 e. The third kappa shape index (κ3) is 4.38. The first-order valence-electron chi connectivity index (χ1n) is 14.8. The van der Waals surface area contributed by atoms with Crippen molar-refractivity contribution < 1.29 is 0 Å². The van der Waals surface area contributed by atoms with Crippen LogP contribution in [0.3, 0.4) is 0 Å². The Bertz CT molecular complexity index is 2240. The standard InChI is InChI=1S/C42H29N/c1-28-23-24-43-27-40(28)31-20-17-30(18-21-31)33-11-8-12-34(25-33)41-36-13-4-6-15-38(36)42(39-16-7-5-14-37(39)41)35-22-19-29-9-2-3-10-32(29)26-35/h2-27H,1H3. The molecule has 7 aromatic carbocycles. The van der Waals surface area contributed by atoms with E-state index < -0.39 is 0 Å². The summed E-state index contributed by atoms with van der Waals surface area (Å²) in [7, 11) is 0. The average Bonchev–Trinajstić information content (AvgIpc) is 3.07. The van der Waals surface area contributed by atoms with E-state index in [1.807, 2.05) is 12.4 Å². The second kappa shape index (κ2) is 10.4. The summed E-state index contributed by atoms with van der Waals surface area (Å²) in [5, 5.41) is 7.60. The molecule has 0 aliphatic heterocycles. The van der Waals surface area contributed by atoms with Gasteiger partial charge in [0, 0.05) is 18.0 Å². The van der Waals surface area contributed by atoms with Crippen LogP contribution in [0.1, 0.15) is 5.56 Å². The van der Waals surface area contributed by atoms with E-state index in [9.17, 15) is 0 Å². The van der Waals surface area contributed by atoms with E-state index in [-0.39, 0.29) is 0 Å². The van der Waals surface area contributed by atoms with Crippen LogP contribution in [0.4, 0.5) is 0 Å². The zero-order valence-corrected chi connectivity index (χ0v) is 24.0. The first-order chi connectivity index (χ1) is 21.2. The van der Waals surface area contributed by atoms with Crippen LogP contribution >= 0.6 is 0 Å². The van der Waals surface area contributed by atoms with E-state index in [4.69, 9.17) is 0 Å². The summed E-state index contributed by atoms with van der Waals surface area (Å²) >= 11 is 0. The maximum absolute atomic E-state index is 4.34. The minimum absolute atomic E-state index is 1.17. The molecule has 0 saturated heterocycles. The van der Waals surface area contributed by atoms with Gasteiger partial charge in [0.15, 0.2) is 0 Å². The molecule has 8 rings (SSSR count). The van der Waals surface area contributed by atoms with Crippen molar-refractivity contribution in [1.29, 1.82) is 0 Å². The Hall–Kier alpha value is -5.53. The predicted molar refractivity (Wildman–Crippen MR) is 183 cm³/mol. The molecule has 0 spiro atoms. The second-order valence-corrected chi connectivity index (χ2v) is 11.3. The lowest BCUT2D eigenvalue weighted by molar-refractivity contribution is 1.29. The van der Waals surface area contributed by atoms with Gasteiger partial charge in [0.1, 0.15) is 0 Å². The summed E-state index contributed by atoms with van der Waals surface area (Å²) in [5.74, 6) is 0. The number of aromatic nitrogens is 1. The second-order valence-electron chi connectivity index (χ2n) is 11.3. The van der Waals surface area contributed by atoms with Gasteiger partial charge in [-0.15, -0.1) is 0 Å². The van der Waals surface area contributed by atoms with Crippen LogP contribution in [-0.2, 0) is 0 Å². The lowest BCUT2D eigenvalue weighted by atomic mass is 9.85. The van der Waals surface area contributed by atoms with E-state index in [1.54, 1.807) is 0 Å². The lowest BCUT2D eigenvalue weighted by Crippen LogP contribution is -1.91.